The molecule has 114 valence electrons. The van der Waals surface area contributed by atoms with Gasteiger partial charge in [-0.3, -0.25) is 4.68 Å². The second kappa shape index (κ2) is 4.97. The molecule has 2 aromatic heterocycles. The normalized spacial score (nSPS) is 15.1. The number of benzene rings is 1. The highest BCUT2D eigenvalue weighted by Crippen LogP contribution is 2.32. The van der Waals surface area contributed by atoms with Crippen molar-refractivity contribution in [3.8, 4) is 11.4 Å². The van der Waals surface area contributed by atoms with Crippen LogP contribution in [0.15, 0.2) is 30.7 Å². The molecule has 0 aliphatic heterocycles. The van der Waals surface area contributed by atoms with Gasteiger partial charge in [-0.25, -0.2) is 4.98 Å². The highest BCUT2D eigenvalue weighted by atomic mass is 15.3. The van der Waals surface area contributed by atoms with E-state index in [0.29, 0.717) is 5.92 Å². The fourth-order valence-electron chi connectivity index (χ4n) is 3.10. The lowest BCUT2D eigenvalue weighted by molar-refractivity contribution is 0.563. The van der Waals surface area contributed by atoms with E-state index in [-0.39, 0.29) is 0 Å². The molecule has 1 fully saturated rings. The first-order valence-corrected chi connectivity index (χ1v) is 8.10. The van der Waals surface area contributed by atoms with Gasteiger partial charge in [0.05, 0.1) is 0 Å². The average Bonchev–Trinajstić information content (AvgIpc) is 3.07. The fourth-order valence-corrected chi connectivity index (χ4v) is 3.10. The lowest BCUT2D eigenvalue weighted by Crippen LogP contribution is -2.00. The Hall–Kier alpha value is -2.10. The average molecular weight is 294 g/mol. The predicted octanol–water partition coefficient (Wildman–Crippen LogP) is 3.97. The molecule has 0 unspecified atom stereocenters. The van der Waals surface area contributed by atoms with Crippen LogP contribution in [-0.4, -0.2) is 19.3 Å². The highest BCUT2D eigenvalue weighted by molar-refractivity contribution is 5.88. The van der Waals surface area contributed by atoms with Gasteiger partial charge in [0.25, 0.3) is 0 Å². The van der Waals surface area contributed by atoms with Gasteiger partial charge in [-0.15, -0.1) is 0 Å². The highest BCUT2D eigenvalue weighted by Gasteiger charge is 2.22. The van der Waals surface area contributed by atoms with Crippen LogP contribution in [0.1, 0.15) is 38.2 Å². The van der Waals surface area contributed by atoms with Crippen LogP contribution in [0.2, 0.25) is 0 Å². The quantitative estimate of drug-likeness (QED) is 0.730. The molecule has 4 rings (SSSR count). The second-order valence-electron chi connectivity index (χ2n) is 6.82. The van der Waals surface area contributed by atoms with Gasteiger partial charge in [0.1, 0.15) is 6.33 Å². The van der Waals surface area contributed by atoms with Crippen LogP contribution in [0.4, 0.5) is 0 Å². The lowest BCUT2D eigenvalue weighted by atomic mass is 10.0. The maximum absolute atomic E-state index is 4.65. The molecule has 0 amide bonds. The standard InChI is InChI=1S/C18H22N4/c1-12(2)16-10-21(3)17-7-6-14(8-15(16)17)18-19-11-22(20-18)9-13-4-5-13/h6-8,10-13H,4-5,9H2,1-3H3. The summed E-state index contributed by atoms with van der Waals surface area (Å²) >= 11 is 0. The van der Waals surface area contributed by atoms with Gasteiger partial charge < -0.3 is 4.57 Å². The van der Waals surface area contributed by atoms with Crippen molar-refractivity contribution in [3.05, 3.63) is 36.3 Å². The molecule has 1 aromatic carbocycles. The molecular formula is C18H22N4. The molecule has 0 saturated heterocycles. The molecular weight excluding hydrogens is 272 g/mol. The molecule has 0 N–H and O–H groups in total. The largest absolute Gasteiger partial charge is 0.350 e. The number of hydrogen-bond acceptors (Lipinski definition) is 2. The first-order chi connectivity index (χ1) is 10.6. The Labute approximate surface area is 130 Å². The zero-order valence-electron chi connectivity index (χ0n) is 13.5. The van der Waals surface area contributed by atoms with E-state index in [4.69, 9.17) is 0 Å². The van der Waals surface area contributed by atoms with E-state index in [1.807, 2.05) is 11.0 Å². The van der Waals surface area contributed by atoms with Crippen LogP contribution in [0.3, 0.4) is 0 Å². The Morgan fingerprint density at radius 3 is 2.82 bits per heavy atom. The summed E-state index contributed by atoms with van der Waals surface area (Å²) in [5.41, 5.74) is 3.76. The Morgan fingerprint density at radius 2 is 2.09 bits per heavy atom. The fraction of sp³-hybridized carbons (Fsp3) is 0.444. The van der Waals surface area contributed by atoms with Crippen molar-refractivity contribution in [1.29, 1.82) is 0 Å². The SMILES string of the molecule is CC(C)c1cn(C)c2ccc(-c3ncn(CC4CC4)n3)cc12. The third kappa shape index (κ3) is 2.32. The molecule has 4 nitrogen and oxygen atoms in total. The van der Waals surface area contributed by atoms with Gasteiger partial charge in [-0.1, -0.05) is 13.8 Å². The summed E-state index contributed by atoms with van der Waals surface area (Å²) in [5, 5.41) is 5.96. The Kier molecular flexibility index (Phi) is 3.06. The number of fused-ring (bicyclic) bond motifs is 1. The minimum Gasteiger partial charge on any atom is -0.350 e. The number of aryl methyl sites for hydroxylation is 1. The van der Waals surface area contributed by atoms with Gasteiger partial charge in [0, 0.05) is 36.3 Å². The smallest absolute Gasteiger partial charge is 0.181 e. The van der Waals surface area contributed by atoms with E-state index in [9.17, 15) is 0 Å². The Balaban J connectivity index is 1.74. The molecule has 1 aliphatic carbocycles. The summed E-state index contributed by atoms with van der Waals surface area (Å²) < 4.78 is 4.19. The summed E-state index contributed by atoms with van der Waals surface area (Å²) in [5.74, 6) is 2.17. The lowest BCUT2D eigenvalue weighted by Gasteiger charge is -2.03. The van der Waals surface area contributed by atoms with Crippen LogP contribution in [0.5, 0.6) is 0 Å². The molecule has 1 aliphatic rings. The van der Waals surface area contributed by atoms with Crippen LogP contribution in [-0.2, 0) is 13.6 Å². The van der Waals surface area contributed by atoms with Gasteiger partial charge >= 0.3 is 0 Å². The van der Waals surface area contributed by atoms with Gasteiger partial charge in [-0.05, 0) is 48.4 Å². The van der Waals surface area contributed by atoms with Gasteiger partial charge in [0.15, 0.2) is 5.82 Å². The Bertz CT molecular complexity index is 821. The van der Waals surface area contributed by atoms with Crippen molar-refractivity contribution < 1.29 is 0 Å². The van der Waals surface area contributed by atoms with Crippen molar-refractivity contribution in [2.24, 2.45) is 13.0 Å². The first-order valence-electron chi connectivity index (χ1n) is 8.10. The number of hydrogen-bond donors (Lipinski definition) is 0. The topological polar surface area (TPSA) is 35.6 Å². The molecule has 2 heterocycles. The van der Waals surface area contributed by atoms with Crippen molar-refractivity contribution >= 4 is 10.9 Å². The summed E-state index contributed by atoms with van der Waals surface area (Å²) in [6.07, 6.45) is 6.77. The second-order valence-corrected chi connectivity index (χ2v) is 6.82. The third-order valence-electron chi connectivity index (χ3n) is 4.58. The molecule has 4 heteroatoms. The predicted molar refractivity (Wildman–Crippen MR) is 88.7 cm³/mol. The van der Waals surface area contributed by atoms with Crippen LogP contribution < -0.4 is 0 Å². The minimum absolute atomic E-state index is 0.513. The van der Waals surface area contributed by atoms with Crippen molar-refractivity contribution in [3.63, 3.8) is 0 Å². The maximum atomic E-state index is 4.65. The summed E-state index contributed by atoms with van der Waals surface area (Å²) in [6.45, 7) is 5.49. The summed E-state index contributed by atoms with van der Waals surface area (Å²) in [4.78, 5) is 4.50. The number of rotatable bonds is 4. The van der Waals surface area contributed by atoms with Gasteiger partial charge in [0.2, 0.25) is 0 Å². The molecule has 1 saturated carbocycles. The van der Waals surface area contributed by atoms with E-state index in [1.165, 1.54) is 29.3 Å². The molecule has 3 aromatic rings. The van der Waals surface area contributed by atoms with Gasteiger partial charge in [-0.2, -0.15) is 5.10 Å². The van der Waals surface area contributed by atoms with Crippen LogP contribution in [0, 0.1) is 5.92 Å². The Morgan fingerprint density at radius 1 is 1.27 bits per heavy atom. The van der Waals surface area contributed by atoms with Crippen molar-refractivity contribution in [1.82, 2.24) is 19.3 Å². The van der Waals surface area contributed by atoms with E-state index < -0.39 is 0 Å². The zero-order valence-corrected chi connectivity index (χ0v) is 13.5. The number of aromatic nitrogens is 4. The minimum atomic E-state index is 0.513. The van der Waals surface area contributed by atoms with Crippen molar-refractivity contribution in [2.75, 3.05) is 0 Å². The third-order valence-corrected chi connectivity index (χ3v) is 4.58. The van der Waals surface area contributed by atoms with Crippen LogP contribution in [0.25, 0.3) is 22.3 Å². The molecule has 0 spiro atoms. The number of nitrogens with zero attached hydrogens (tertiary/aromatic N) is 4. The monoisotopic (exact) mass is 294 g/mol. The van der Waals surface area contributed by atoms with Crippen LogP contribution >= 0.6 is 0 Å². The van der Waals surface area contributed by atoms with E-state index in [1.54, 1.807) is 0 Å². The molecule has 0 radical (unpaired) electrons. The van der Waals surface area contributed by atoms with E-state index in [2.05, 4.69) is 59.9 Å². The molecule has 0 bridgehead atoms. The zero-order chi connectivity index (χ0) is 15.3. The molecule has 22 heavy (non-hydrogen) atoms. The van der Waals surface area contributed by atoms with E-state index in [0.717, 1.165) is 23.9 Å². The van der Waals surface area contributed by atoms with E-state index >= 15 is 0 Å². The first kappa shape index (κ1) is 13.6. The maximum Gasteiger partial charge on any atom is 0.181 e. The molecule has 0 atom stereocenters. The summed E-state index contributed by atoms with van der Waals surface area (Å²) in [7, 11) is 2.11. The summed E-state index contributed by atoms with van der Waals surface area (Å²) in [6, 6.07) is 6.54. The van der Waals surface area contributed by atoms with Crippen molar-refractivity contribution in [2.45, 2.75) is 39.2 Å².